The van der Waals surface area contributed by atoms with E-state index in [4.69, 9.17) is 11.6 Å². The van der Waals surface area contributed by atoms with Gasteiger partial charge in [-0.2, -0.15) is 13.2 Å². The van der Waals surface area contributed by atoms with E-state index in [1.165, 1.54) is 4.40 Å². The zero-order valence-electron chi connectivity index (χ0n) is 11.0. The lowest BCUT2D eigenvalue weighted by Gasteiger charge is -2.15. The molecule has 1 unspecified atom stereocenters. The molecule has 20 heavy (non-hydrogen) atoms. The molecule has 8 heteroatoms. The van der Waals surface area contributed by atoms with Crippen molar-refractivity contribution in [2.75, 3.05) is 0 Å². The summed E-state index contributed by atoms with van der Waals surface area (Å²) in [6.45, 7) is 5.59. The summed E-state index contributed by atoms with van der Waals surface area (Å²) in [4.78, 5) is 7.64. The van der Waals surface area contributed by atoms with Gasteiger partial charge in [-0.05, 0) is 0 Å². The Balaban J connectivity index is 2.56. The molecule has 2 heterocycles. The third-order valence-electron chi connectivity index (χ3n) is 2.74. The van der Waals surface area contributed by atoms with Crippen molar-refractivity contribution in [2.45, 2.75) is 38.5 Å². The fraction of sp³-hybridized carbons (Fsp3) is 0.500. The van der Waals surface area contributed by atoms with E-state index in [0.29, 0.717) is 5.69 Å². The van der Waals surface area contributed by atoms with Gasteiger partial charge in [0, 0.05) is 11.5 Å². The predicted octanol–water partition coefficient (Wildman–Crippen LogP) is 4.25. The van der Waals surface area contributed by atoms with Crippen LogP contribution in [0.2, 0.25) is 5.15 Å². The van der Waals surface area contributed by atoms with Crippen LogP contribution in [0.25, 0.3) is 5.65 Å². The number of hydrogen-bond acceptors (Lipinski definition) is 2. The van der Waals surface area contributed by atoms with Crippen LogP contribution in [0.5, 0.6) is 0 Å². The van der Waals surface area contributed by atoms with Gasteiger partial charge < -0.3 is 0 Å². The van der Waals surface area contributed by atoms with Crippen molar-refractivity contribution >= 4 is 17.2 Å². The molecule has 0 aliphatic rings. The van der Waals surface area contributed by atoms with Gasteiger partial charge in [0.05, 0.1) is 11.4 Å². The molecule has 110 valence electrons. The zero-order chi connectivity index (χ0) is 15.3. The lowest BCUT2D eigenvalue weighted by atomic mass is 9.93. The molecule has 2 aromatic rings. The summed E-state index contributed by atoms with van der Waals surface area (Å²) >= 11 is 6.11. The first-order valence-corrected chi connectivity index (χ1v) is 6.14. The number of imidazole rings is 1. The van der Waals surface area contributed by atoms with E-state index in [0.717, 1.165) is 12.4 Å². The largest absolute Gasteiger partial charge is 0.425 e. The van der Waals surface area contributed by atoms with Gasteiger partial charge in [-0.1, -0.05) is 32.4 Å². The summed E-state index contributed by atoms with van der Waals surface area (Å²) in [5.74, 6) is 0. The van der Waals surface area contributed by atoms with Crippen molar-refractivity contribution in [2.24, 2.45) is 0 Å². The molecule has 0 radical (unpaired) electrons. The van der Waals surface area contributed by atoms with Crippen LogP contribution in [0.15, 0.2) is 12.4 Å². The molecule has 0 aromatic carbocycles. The van der Waals surface area contributed by atoms with Crippen LogP contribution in [0.3, 0.4) is 0 Å². The monoisotopic (exact) mass is 309 g/mol. The van der Waals surface area contributed by atoms with Crippen LogP contribution in [0.4, 0.5) is 17.6 Å². The highest BCUT2D eigenvalue weighted by Crippen LogP contribution is 2.36. The summed E-state index contributed by atoms with van der Waals surface area (Å²) < 4.78 is 51.6. The van der Waals surface area contributed by atoms with E-state index in [1.54, 1.807) is 0 Å². The Kier molecular flexibility index (Phi) is 3.44. The van der Waals surface area contributed by atoms with Crippen LogP contribution in [0.1, 0.15) is 38.3 Å². The fourth-order valence-corrected chi connectivity index (χ4v) is 2.17. The number of aromatic nitrogens is 3. The number of alkyl halides is 4. The molecule has 0 amide bonds. The summed E-state index contributed by atoms with van der Waals surface area (Å²) in [6, 6.07) is 0.958. The first kappa shape index (κ1) is 15.0. The third-order valence-corrected chi connectivity index (χ3v) is 3.10. The maximum atomic E-state index is 13.3. The van der Waals surface area contributed by atoms with Gasteiger partial charge in [-0.25, -0.2) is 14.4 Å². The molecule has 3 nitrogen and oxygen atoms in total. The molecular weight excluding hydrogens is 298 g/mol. The summed E-state index contributed by atoms with van der Waals surface area (Å²) in [7, 11) is 0. The molecule has 0 aliphatic carbocycles. The van der Waals surface area contributed by atoms with E-state index in [-0.39, 0.29) is 16.2 Å². The number of halogens is 5. The summed E-state index contributed by atoms with van der Waals surface area (Å²) in [5, 5.41) is 0.258. The van der Waals surface area contributed by atoms with E-state index in [9.17, 15) is 17.6 Å². The predicted molar refractivity (Wildman–Crippen MR) is 66.6 cm³/mol. The summed E-state index contributed by atoms with van der Waals surface area (Å²) in [5.41, 5.74) is -0.466. The Morgan fingerprint density at radius 3 is 2.35 bits per heavy atom. The SMILES string of the molecule is CC(C)(C)c1nc2cc(C(F)C(F)(F)F)ncn2c1Cl. The van der Waals surface area contributed by atoms with E-state index >= 15 is 0 Å². The average Bonchev–Trinajstić information content (AvgIpc) is 2.64. The second-order valence-corrected chi connectivity index (χ2v) is 5.81. The molecule has 1 atom stereocenters. The van der Waals surface area contributed by atoms with Crippen molar-refractivity contribution in [1.29, 1.82) is 0 Å². The van der Waals surface area contributed by atoms with Crippen molar-refractivity contribution in [3.05, 3.63) is 28.9 Å². The Bertz CT molecular complexity index is 642. The third kappa shape index (κ3) is 2.59. The number of hydrogen-bond donors (Lipinski definition) is 0. The maximum Gasteiger partial charge on any atom is 0.425 e. The first-order valence-electron chi connectivity index (χ1n) is 5.76. The van der Waals surface area contributed by atoms with Gasteiger partial charge in [-0.15, -0.1) is 0 Å². The van der Waals surface area contributed by atoms with Crippen LogP contribution < -0.4 is 0 Å². The first-order chi connectivity index (χ1) is 9.01. The van der Waals surface area contributed by atoms with E-state index in [1.807, 2.05) is 20.8 Å². The van der Waals surface area contributed by atoms with E-state index < -0.39 is 18.0 Å². The molecule has 0 N–H and O–H groups in total. The molecule has 0 fully saturated rings. The normalized spacial score (nSPS) is 14.8. The van der Waals surface area contributed by atoms with Crippen molar-refractivity contribution in [3.63, 3.8) is 0 Å². The molecule has 0 spiro atoms. The highest BCUT2D eigenvalue weighted by molar-refractivity contribution is 6.30. The van der Waals surface area contributed by atoms with Crippen molar-refractivity contribution < 1.29 is 17.6 Å². The van der Waals surface area contributed by atoms with Gasteiger partial charge in [0.1, 0.15) is 17.1 Å². The molecule has 0 saturated carbocycles. The van der Waals surface area contributed by atoms with Gasteiger partial charge in [0.15, 0.2) is 0 Å². The van der Waals surface area contributed by atoms with Crippen LogP contribution in [-0.2, 0) is 5.41 Å². The Labute approximate surface area is 117 Å². The standard InChI is InChI=1S/C12H12ClF4N3/c1-11(2,3)9-10(13)20-5-18-6(4-7(20)19-9)8(14)12(15,16)17/h4-5,8H,1-3H3. The number of fused-ring (bicyclic) bond motifs is 1. The minimum Gasteiger partial charge on any atom is -0.273 e. The average molecular weight is 310 g/mol. The van der Waals surface area contributed by atoms with Crippen LogP contribution >= 0.6 is 11.6 Å². The van der Waals surface area contributed by atoms with Gasteiger partial charge in [0.25, 0.3) is 0 Å². The number of rotatable bonds is 1. The van der Waals surface area contributed by atoms with Gasteiger partial charge in [-0.3, -0.25) is 4.40 Å². The lowest BCUT2D eigenvalue weighted by molar-refractivity contribution is -0.183. The Morgan fingerprint density at radius 2 is 1.85 bits per heavy atom. The molecule has 2 aromatic heterocycles. The second kappa shape index (κ2) is 4.58. The van der Waals surface area contributed by atoms with Crippen LogP contribution in [-0.4, -0.2) is 20.5 Å². The minimum atomic E-state index is -4.99. The molecule has 0 saturated heterocycles. The second-order valence-electron chi connectivity index (χ2n) is 5.45. The molecular formula is C12H12ClF4N3. The van der Waals surface area contributed by atoms with E-state index in [2.05, 4.69) is 9.97 Å². The maximum absolute atomic E-state index is 13.3. The van der Waals surface area contributed by atoms with Crippen molar-refractivity contribution in [3.8, 4) is 0 Å². The summed E-state index contributed by atoms with van der Waals surface area (Å²) in [6.07, 6.45) is -7.08. The topological polar surface area (TPSA) is 30.2 Å². The number of nitrogens with zero attached hydrogens (tertiary/aromatic N) is 3. The molecule has 0 aliphatic heterocycles. The van der Waals surface area contributed by atoms with Crippen molar-refractivity contribution in [1.82, 2.24) is 14.4 Å². The zero-order valence-corrected chi connectivity index (χ0v) is 11.7. The minimum absolute atomic E-state index is 0.136. The fourth-order valence-electron chi connectivity index (χ4n) is 1.72. The van der Waals surface area contributed by atoms with Gasteiger partial charge in [0.2, 0.25) is 6.17 Å². The van der Waals surface area contributed by atoms with Gasteiger partial charge >= 0.3 is 6.18 Å². The smallest absolute Gasteiger partial charge is 0.273 e. The molecule has 0 bridgehead atoms. The Morgan fingerprint density at radius 1 is 1.25 bits per heavy atom. The Hall–Kier alpha value is -1.37. The van der Waals surface area contributed by atoms with Crippen LogP contribution in [0, 0.1) is 0 Å². The lowest BCUT2D eigenvalue weighted by Crippen LogP contribution is -2.17. The highest BCUT2D eigenvalue weighted by atomic mass is 35.5. The highest BCUT2D eigenvalue weighted by Gasteiger charge is 2.42. The molecule has 2 rings (SSSR count). The quantitative estimate of drug-likeness (QED) is 0.737.